The Morgan fingerprint density at radius 2 is 1.92 bits per heavy atom. The molecule has 12 heavy (non-hydrogen) atoms. The lowest BCUT2D eigenvalue weighted by Crippen LogP contribution is -2.32. The van der Waals surface area contributed by atoms with Crippen molar-refractivity contribution in [1.29, 1.82) is 0 Å². The number of nitrogens with zero attached hydrogens (tertiary/aromatic N) is 1. The van der Waals surface area contributed by atoms with Crippen molar-refractivity contribution in [3.05, 3.63) is 0 Å². The molecule has 0 N–H and O–H groups in total. The molecule has 0 aromatic carbocycles. The number of carbonyl (C=O) groups is 1. The van der Waals surface area contributed by atoms with Gasteiger partial charge in [0.1, 0.15) is 0 Å². The summed E-state index contributed by atoms with van der Waals surface area (Å²) in [6, 6.07) is 0. The summed E-state index contributed by atoms with van der Waals surface area (Å²) in [4.78, 5) is 12.9. The number of carbonyl (C=O) groups excluding carboxylic acids is 1. The first kappa shape index (κ1) is 11.3. The minimum absolute atomic E-state index is 0.203. The summed E-state index contributed by atoms with van der Waals surface area (Å²) in [5.74, 6) is 0. The van der Waals surface area contributed by atoms with Gasteiger partial charge in [-0.3, -0.25) is 0 Å². The Hall–Kier alpha value is -0.730. The zero-order valence-electron chi connectivity index (χ0n) is 8.30. The molecule has 0 unspecified atom stereocenters. The summed E-state index contributed by atoms with van der Waals surface area (Å²) in [7, 11) is 1.43. The number of ether oxygens (including phenoxy) is 1. The summed E-state index contributed by atoms with van der Waals surface area (Å²) < 4.78 is 4.65. The fourth-order valence-corrected chi connectivity index (χ4v) is 1.04. The fourth-order valence-electron chi connectivity index (χ4n) is 1.04. The van der Waals surface area contributed by atoms with Gasteiger partial charge in [0.05, 0.1) is 7.11 Å². The molecule has 1 amide bonds. The second kappa shape index (κ2) is 6.95. The quantitative estimate of drug-likeness (QED) is 0.638. The van der Waals surface area contributed by atoms with Crippen LogP contribution in [0.25, 0.3) is 0 Å². The third-order valence-corrected chi connectivity index (χ3v) is 1.71. The lowest BCUT2D eigenvalue weighted by molar-refractivity contribution is 0.123. The average Bonchev–Trinajstić information content (AvgIpc) is 2.11. The van der Waals surface area contributed by atoms with E-state index in [1.807, 2.05) is 0 Å². The minimum Gasteiger partial charge on any atom is -0.453 e. The molecular formula is C9H19NO2. The Balaban J connectivity index is 3.76. The average molecular weight is 173 g/mol. The number of rotatable bonds is 5. The van der Waals surface area contributed by atoms with E-state index < -0.39 is 0 Å². The Morgan fingerprint density at radius 1 is 1.25 bits per heavy atom. The maximum Gasteiger partial charge on any atom is 0.409 e. The topological polar surface area (TPSA) is 29.5 Å². The van der Waals surface area contributed by atoms with Gasteiger partial charge in [-0.1, -0.05) is 20.3 Å². The molecule has 0 bridgehead atoms. The number of amides is 1. The molecule has 72 valence electrons. The predicted octanol–water partition coefficient (Wildman–Crippen LogP) is 2.26. The van der Waals surface area contributed by atoms with Gasteiger partial charge in [0, 0.05) is 13.1 Å². The van der Waals surface area contributed by atoms with Crippen molar-refractivity contribution in [2.75, 3.05) is 20.2 Å². The van der Waals surface area contributed by atoms with Crippen molar-refractivity contribution in [3.63, 3.8) is 0 Å². The zero-order chi connectivity index (χ0) is 9.40. The van der Waals surface area contributed by atoms with Crippen LogP contribution in [0.1, 0.15) is 33.1 Å². The summed E-state index contributed by atoms with van der Waals surface area (Å²) in [5, 5.41) is 0. The van der Waals surface area contributed by atoms with Gasteiger partial charge in [0.15, 0.2) is 0 Å². The van der Waals surface area contributed by atoms with Crippen molar-refractivity contribution in [2.24, 2.45) is 0 Å². The molecule has 0 saturated carbocycles. The van der Waals surface area contributed by atoms with Crippen molar-refractivity contribution in [1.82, 2.24) is 4.90 Å². The third-order valence-electron chi connectivity index (χ3n) is 1.71. The van der Waals surface area contributed by atoms with Crippen LogP contribution in [0.5, 0.6) is 0 Å². The first-order valence-electron chi connectivity index (χ1n) is 4.59. The van der Waals surface area contributed by atoms with Crippen LogP contribution < -0.4 is 0 Å². The second-order valence-electron chi connectivity index (χ2n) is 2.81. The molecule has 3 heteroatoms. The first-order chi connectivity index (χ1) is 5.76. The van der Waals surface area contributed by atoms with Crippen molar-refractivity contribution in [2.45, 2.75) is 33.1 Å². The summed E-state index contributed by atoms with van der Waals surface area (Å²) >= 11 is 0. The van der Waals surface area contributed by atoms with Crippen LogP contribution in [0, 0.1) is 0 Å². The van der Waals surface area contributed by atoms with E-state index in [1.54, 1.807) is 4.90 Å². The second-order valence-corrected chi connectivity index (χ2v) is 2.81. The SMILES string of the molecule is CCCCN(CCC)C(=O)OC. The van der Waals surface area contributed by atoms with E-state index in [9.17, 15) is 4.79 Å². The minimum atomic E-state index is -0.203. The highest BCUT2D eigenvalue weighted by Crippen LogP contribution is 1.98. The van der Waals surface area contributed by atoms with E-state index in [0.717, 1.165) is 32.4 Å². The van der Waals surface area contributed by atoms with Crippen LogP contribution in [-0.2, 0) is 4.74 Å². The van der Waals surface area contributed by atoms with Gasteiger partial charge in [-0.05, 0) is 12.8 Å². The number of hydrogen-bond acceptors (Lipinski definition) is 2. The molecule has 0 rings (SSSR count). The van der Waals surface area contributed by atoms with Crippen LogP contribution in [0.4, 0.5) is 4.79 Å². The molecule has 3 nitrogen and oxygen atoms in total. The molecule has 0 fully saturated rings. The highest BCUT2D eigenvalue weighted by molar-refractivity contribution is 5.67. The molecule has 0 aliphatic rings. The maximum absolute atomic E-state index is 11.1. The summed E-state index contributed by atoms with van der Waals surface area (Å²) in [6.45, 7) is 5.78. The van der Waals surface area contributed by atoms with Crippen molar-refractivity contribution < 1.29 is 9.53 Å². The number of unbranched alkanes of at least 4 members (excludes halogenated alkanes) is 1. The van der Waals surface area contributed by atoms with Gasteiger partial charge in [0.25, 0.3) is 0 Å². The third kappa shape index (κ3) is 4.21. The normalized spacial score (nSPS) is 9.58. The standard InChI is InChI=1S/C9H19NO2/c1-4-6-8-10(7-5-2)9(11)12-3/h4-8H2,1-3H3. The molecule has 0 saturated heterocycles. The summed E-state index contributed by atoms with van der Waals surface area (Å²) in [5.41, 5.74) is 0. The highest BCUT2D eigenvalue weighted by Gasteiger charge is 2.10. The molecule has 0 aromatic heterocycles. The zero-order valence-corrected chi connectivity index (χ0v) is 8.30. The Morgan fingerprint density at radius 3 is 2.33 bits per heavy atom. The fraction of sp³-hybridized carbons (Fsp3) is 0.889. The van der Waals surface area contributed by atoms with E-state index >= 15 is 0 Å². The Labute approximate surface area is 74.7 Å². The first-order valence-corrected chi connectivity index (χ1v) is 4.59. The van der Waals surface area contributed by atoms with Crippen LogP contribution in [0.2, 0.25) is 0 Å². The monoisotopic (exact) mass is 173 g/mol. The molecule has 0 spiro atoms. The Bertz CT molecular complexity index is 126. The van der Waals surface area contributed by atoms with Crippen LogP contribution in [0.3, 0.4) is 0 Å². The highest BCUT2D eigenvalue weighted by atomic mass is 16.5. The van der Waals surface area contributed by atoms with Gasteiger partial charge in [-0.15, -0.1) is 0 Å². The van der Waals surface area contributed by atoms with Gasteiger partial charge in [-0.2, -0.15) is 0 Å². The molecule has 0 aliphatic carbocycles. The number of hydrogen-bond donors (Lipinski definition) is 0. The van der Waals surface area contributed by atoms with E-state index in [4.69, 9.17) is 0 Å². The van der Waals surface area contributed by atoms with Gasteiger partial charge >= 0.3 is 6.09 Å². The van der Waals surface area contributed by atoms with E-state index in [1.165, 1.54) is 7.11 Å². The van der Waals surface area contributed by atoms with Crippen LogP contribution in [-0.4, -0.2) is 31.2 Å². The molecule has 0 heterocycles. The largest absolute Gasteiger partial charge is 0.453 e. The predicted molar refractivity (Wildman–Crippen MR) is 49.2 cm³/mol. The lowest BCUT2D eigenvalue weighted by atomic mass is 10.3. The molecule has 0 aromatic rings. The van der Waals surface area contributed by atoms with E-state index in [2.05, 4.69) is 18.6 Å². The molecular weight excluding hydrogens is 154 g/mol. The van der Waals surface area contributed by atoms with Crippen molar-refractivity contribution in [3.8, 4) is 0 Å². The number of methoxy groups -OCH3 is 1. The molecule has 0 radical (unpaired) electrons. The van der Waals surface area contributed by atoms with Crippen LogP contribution in [0.15, 0.2) is 0 Å². The Kier molecular flexibility index (Phi) is 6.53. The van der Waals surface area contributed by atoms with Crippen molar-refractivity contribution >= 4 is 6.09 Å². The van der Waals surface area contributed by atoms with Crippen LogP contribution >= 0.6 is 0 Å². The van der Waals surface area contributed by atoms with Gasteiger partial charge < -0.3 is 9.64 Å². The van der Waals surface area contributed by atoms with E-state index in [-0.39, 0.29) is 6.09 Å². The maximum atomic E-state index is 11.1. The summed E-state index contributed by atoms with van der Waals surface area (Å²) in [6.07, 6.45) is 2.94. The van der Waals surface area contributed by atoms with Gasteiger partial charge in [0.2, 0.25) is 0 Å². The molecule has 0 aliphatic heterocycles. The smallest absolute Gasteiger partial charge is 0.409 e. The lowest BCUT2D eigenvalue weighted by Gasteiger charge is -2.19. The van der Waals surface area contributed by atoms with Gasteiger partial charge in [-0.25, -0.2) is 4.79 Å². The van der Waals surface area contributed by atoms with E-state index in [0.29, 0.717) is 0 Å². The molecule has 0 atom stereocenters.